The molecule has 2 unspecified atom stereocenters. The first-order valence-electron chi connectivity index (χ1n) is 10.2. The summed E-state index contributed by atoms with van der Waals surface area (Å²) >= 11 is 0. The third-order valence-electron chi connectivity index (χ3n) is 6.01. The number of benzene rings is 1. The van der Waals surface area contributed by atoms with E-state index >= 15 is 0 Å². The van der Waals surface area contributed by atoms with Crippen molar-refractivity contribution in [3.63, 3.8) is 0 Å². The first-order valence-corrected chi connectivity index (χ1v) is 10.2. The lowest BCUT2D eigenvalue weighted by Crippen LogP contribution is -2.43. The van der Waals surface area contributed by atoms with Gasteiger partial charge in [-0.05, 0) is 55.7 Å². The molecule has 2 aliphatic rings. The molecule has 1 fully saturated rings. The van der Waals surface area contributed by atoms with Gasteiger partial charge in [0.1, 0.15) is 17.5 Å². The number of halogens is 2. The summed E-state index contributed by atoms with van der Waals surface area (Å²) in [5.41, 5.74) is 1.21. The minimum atomic E-state index is -0.169. The molecule has 1 aromatic heterocycles. The summed E-state index contributed by atoms with van der Waals surface area (Å²) in [7, 11) is 1.86. The Labute approximate surface area is 189 Å². The summed E-state index contributed by atoms with van der Waals surface area (Å²) < 4.78 is 15.3. The average Bonchev–Trinajstić information content (AvgIpc) is 3.31. The van der Waals surface area contributed by atoms with E-state index in [0.29, 0.717) is 11.8 Å². The molecule has 8 heteroatoms. The number of fused-ring (bicyclic) bond motifs is 1. The van der Waals surface area contributed by atoms with E-state index in [1.54, 1.807) is 12.1 Å². The third-order valence-corrected chi connectivity index (χ3v) is 6.01. The Kier molecular flexibility index (Phi) is 7.48. The number of rotatable bonds is 4. The van der Waals surface area contributed by atoms with E-state index in [1.165, 1.54) is 5.56 Å². The van der Waals surface area contributed by atoms with Gasteiger partial charge in [0, 0.05) is 39.6 Å². The fourth-order valence-electron chi connectivity index (χ4n) is 4.41. The molecular weight excluding hydrogens is 482 g/mol. The summed E-state index contributed by atoms with van der Waals surface area (Å²) in [4.78, 5) is 6.86. The monoisotopic (exact) mass is 512 g/mol. The van der Waals surface area contributed by atoms with Crippen molar-refractivity contribution < 1.29 is 4.39 Å². The number of aliphatic imine (C=N–C) groups is 1. The molecule has 4 rings (SSSR count). The van der Waals surface area contributed by atoms with Crippen LogP contribution in [0.15, 0.2) is 29.3 Å². The number of guanidine groups is 1. The molecule has 0 spiro atoms. The zero-order chi connectivity index (χ0) is 19.5. The highest BCUT2D eigenvalue weighted by Gasteiger charge is 2.26. The highest BCUT2D eigenvalue weighted by atomic mass is 127. The van der Waals surface area contributed by atoms with Crippen molar-refractivity contribution in [3.8, 4) is 0 Å². The van der Waals surface area contributed by atoms with Gasteiger partial charge in [0.05, 0.1) is 0 Å². The lowest BCUT2D eigenvalue weighted by atomic mass is 9.99. The number of nitrogens with one attached hydrogen (secondary N) is 1. The van der Waals surface area contributed by atoms with E-state index in [4.69, 9.17) is 0 Å². The van der Waals surface area contributed by atoms with Gasteiger partial charge in [-0.2, -0.15) is 0 Å². The zero-order valence-electron chi connectivity index (χ0n) is 17.1. The number of hydrogen-bond acceptors (Lipinski definition) is 3. The predicted molar refractivity (Wildman–Crippen MR) is 123 cm³/mol. The van der Waals surface area contributed by atoms with Crippen molar-refractivity contribution in [2.24, 2.45) is 16.8 Å². The average molecular weight is 512 g/mol. The number of aryl methyl sites for hydroxylation is 2. The number of likely N-dealkylation sites (tertiary alicyclic amines) is 1. The molecule has 2 aliphatic heterocycles. The summed E-state index contributed by atoms with van der Waals surface area (Å²) in [5.74, 6) is 4.09. The van der Waals surface area contributed by atoms with Gasteiger partial charge in [0.15, 0.2) is 5.96 Å². The molecule has 0 bridgehead atoms. The minimum absolute atomic E-state index is 0. The molecular formula is C21H30FIN6. The molecule has 1 N–H and O–H groups in total. The first-order chi connectivity index (χ1) is 13.6. The van der Waals surface area contributed by atoms with Gasteiger partial charge in [-0.25, -0.2) is 4.39 Å². The Morgan fingerprint density at radius 3 is 2.72 bits per heavy atom. The summed E-state index contributed by atoms with van der Waals surface area (Å²) in [6.07, 6.45) is 4.27. The van der Waals surface area contributed by atoms with Crippen molar-refractivity contribution >= 4 is 29.9 Å². The van der Waals surface area contributed by atoms with Crippen molar-refractivity contribution in [2.45, 2.75) is 39.2 Å². The molecule has 0 saturated carbocycles. The van der Waals surface area contributed by atoms with Crippen LogP contribution in [0.25, 0.3) is 0 Å². The summed E-state index contributed by atoms with van der Waals surface area (Å²) in [5, 5.41) is 12.0. The largest absolute Gasteiger partial charge is 0.356 e. The van der Waals surface area contributed by atoms with Crippen LogP contribution in [0.2, 0.25) is 0 Å². The van der Waals surface area contributed by atoms with Crippen LogP contribution in [0.4, 0.5) is 4.39 Å². The second kappa shape index (κ2) is 9.86. The maximum atomic E-state index is 13.1. The number of hydrogen-bond donors (Lipinski definition) is 1. The molecule has 3 heterocycles. The molecule has 0 radical (unpaired) electrons. The summed E-state index contributed by atoms with van der Waals surface area (Å²) in [6, 6.07) is 6.90. The van der Waals surface area contributed by atoms with Gasteiger partial charge in [-0.15, -0.1) is 34.2 Å². The highest BCUT2D eigenvalue weighted by Crippen LogP contribution is 2.22. The van der Waals surface area contributed by atoms with Gasteiger partial charge in [-0.1, -0.05) is 12.1 Å². The van der Waals surface area contributed by atoms with Crippen molar-refractivity contribution in [1.29, 1.82) is 0 Å². The van der Waals surface area contributed by atoms with Crippen LogP contribution >= 0.6 is 24.0 Å². The van der Waals surface area contributed by atoms with Crippen LogP contribution in [0.5, 0.6) is 0 Å². The molecule has 2 aromatic rings. The fourth-order valence-corrected chi connectivity index (χ4v) is 4.41. The van der Waals surface area contributed by atoms with E-state index in [1.807, 2.05) is 26.1 Å². The van der Waals surface area contributed by atoms with Gasteiger partial charge >= 0.3 is 0 Å². The lowest BCUT2D eigenvalue weighted by molar-refractivity contribution is 0.352. The lowest BCUT2D eigenvalue weighted by Gasteiger charge is -2.27. The fraction of sp³-hybridized carbons (Fsp3) is 0.571. The van der Waals surface area contributed by atoms with Crippen LogP contribution in [0, 0.1) is 24.6 Å². The van der Waals surface area contributed by atoms with Gasteiger partial charge in [0.25, 0.3) is 0 Å². The quantitative estimate of drug-likeness (QED) is 0.389. The van der Waals surface area contributed by atoms with Crippen molar-refractivity contribution in [3.05, 3.63) is 47.3 Å². The Bertz CT molecular complexity index is 834. The van der Waals surface area contributed by atoms with E-state index < -0.39 is 0 Å². The molecule has 6 nitrogen and oxygen atoms in total. The van der Waals surface area contributed by atoms with Crippen LogP contribution < -0.4 is 5.32 Å². The number of nitrogens with zero attached hydrogens (tertiary/aromatic N) is 5. The van der Waals surface area contributed by atoms with Crippen molar-refractivity contribution in [2.75, 3.05) is 26.7 Å². The molecule has 0 aliphatic carbocycles. The van der Waals surface area contributed by atoms with Crippen LogP contribution in [-0.4, -0.2) is 52.3 Å². The van der Waals surface area contributed by atoms with Crippen molar-refractivity contribution in [1.82, 2.24) is 25.0 Å². The number of aromatic nitrogens is 3. The second-order valence-electron chi connectivity index (χ2n) is 8.04. The standard InChI is InChI=1S/C21H29FN6.HI/c1-15-25-26-20-8-5-18(14-28(15)20)12-24-21(23-2)27-10-9-17(13-27)11-16-3-6-19(22)7-4-16;/h3-4,6-7,17-18H,5,8-14H2,1-2H3,(H,23,24);1H. The van der Waals surface area contributed by atoms with Gasteiger partial charge < -0.3 is 14.8 Å². The third kappa shape index (κ3) is 5.26. The second-order valence-corrected chi connectivity index (χ2v) is 8.04. The molecule has 1 aromatic carbocycles. The molecule has 158 valence electrons. The topological polar surface area (TPSA) is 58.3 Å². The maximum absolute atomic E-state index is 13.1. The van der Waals surface area contributed by atoms with Gasteiger partial charge in [-0.3, -0.25) is 4.99 Å². The Balaban J connectivity index is 0.00000240. The predicted octanol–water partition coefficient (Wildman–Crippen LogP) is 3.05. The smallest absolute Gasteiger partial charge is 0.193 e. The van der Waals surface area contributed by atoms with E-state index in [2.05, 4.69) is 30.0 Å². The molecule has 0 amide bonds. The van der Waals surface area contributed by atoms with Crippen LogP contribution in [-0.2, 0) is 19.4 Å². The van der Waals surface area contributed by atoms with E-state index in [9.17, 15) is 4.39 Å². The van der Waals surface area contributed by atoms with Crippen LogP contribution in [0.1, 0.15) is 30.1 Å². The highest BCUT2D eigenvalue weighted by molar-refractivity contribution is 14.0. The normalized spacial score (nSPS) is 21.6. The SMILES string of the molecule is CN=C(NCC1CCc2nnc(C)n2C1)N1CCC(Cc2ccc(F)cc2)C1.I. The zero-order valence-corrected chi connectivity index (χ0v) is 19.5. The first kappa shape index (κ1) is 22.0. The molecule has 1 saturated heterocycles. The molecule has 29 heavy (non-hydrogen) atoms. The van der Waals surface area contributed by atoms with E-state index in [-0.39, 0.29) is 29.8 Å². The summed E-state index contributed by atoms with van der Waals surface area (Å²) in [6.45, 7) is 5.94. The Hall–Kier alpha value is -1.71. The van der Waals surface area contributed by atoms with E-state index in [0.717, 1.165) is 69.5 Å². The van der Waals surface area contributed by atoms with Gasteiger partial charge in [0.2, 0.25) is 0 Å². The Morgan fingerprint density at radius 2 is 1.97 bits per heavy atom. The minimum Gasteiger partial charge on any atom is -0.356 e. The Morgan fingerprint density at radius 1 is 1.17 bits per heavy atom. The molecule has 2 atom stereocenters. The van der Waals surface area contributed by atoms with Crippen LogP contribution in [0.3, 0.4) is 0 Å². The maximum Gasteiger partial charge on any atom is 0.193 e.